The minimum Gasteiger partial charge on any atom is -0.481 e. The van der Waals surface area contributed by atoms with E-state index in [9.17, 15) is 4.79 Å². The highest BCUT2D eigenvalue weighted by Gasteiger charge is 2.33. The van der Waals surface area contributed by atoms with Crippen LogP contribution in [0.1, 0.15) is 13.3 Å². The molecule has 4 nitrogen and oxygen atoms in total. The van der Waals surface area contributed by atoms with E-state index in [1.165, 1.54) is 0 Å². The molecular formula is C10H19NO3. The summed E-state index contributed by atoms with van der Waals surface area (Å²) < 4.78 is 4.95. The summed E-state index contributed by atoms with van der Waals surface area (Å²) in [7, 11) is 1.70. The molecule has 82 valence electrons. The molecule has 4 heteroatoms. The Labute approximate surface area is 84.8 Å². The molecule has 1 atom stereocenters. The fourth-order valence-corrected chi connectivity index (χ4v) is 1.74. The van der Waals surface area contributed by atoms with Gasteiger partial charge in [0.05, 0.1) is 5.92 Å². The van der Waals surface area contributed by atoms with Crippen LogP contribution in [-0.4, -0.2) is 49.3 Å². The van der Waals surface area contributed by atoms with Crippen molar-refractivity contribution in [3.05, 3.63) is 0 Å². The highest BCUT2D eigenvalue weighted by atomic mass is 16.5. The quantitative estimate of drug-likeness (QED) is 0.642. The second-order valence-electron chi connectivity index (χ2n) is 3.99. The van der Waals surface area contributed by atoms with Crippen molar-refractivity contribution in [3.8, 4) is 0 Å². The van der Waals surface area contributed by atoms with Crippen LogP contribution >= 0.6 is 0 Å². The van der Waals surface area contributed by atoms with Gasteiger partial charge in [0, 0.05) is 33.4 Å². The third-order valence-electron chi connectivity index (χ3n) is 2.90. The standard InChI is InChI=1S/C10H19NO3/c1-8(10(12)13)9-6-11(7-9)4-3-5-14-2/h8-9H,3-7H2,1-2H3,(H,12,13). The maximum atomic E-state index is 10.7. The average Bonchev–Trinajstić information content (AvgIpc) is 2.08. The highest BCUT2D eigenvalue weighted by Crippen LogP contribution is 2.23. The minimum atomic E-state index is -0.674. The Bertz CT molecular complexity index is 190. The van der Waals surface area contributed by atoms with Crippen LogP contribution < -0.4 is 0 Å². The molecule has 1 aliphatic heterocycles. The van der Waals surface area contributed by atoms with Crippen molar-refractivity contribution < 1.29 is 14.6 Å². The summed E-state index contributed by atoms with van der Waals surface area (Å²) in [4.78, 5) is 12.9. The molecule has 1 heterocycles. The third kappa shape index (κ3) is 2.96. The normalized spacial score (nSPS) is 20.4. The van der Waals surface area contributed by atoms with Crippen molar-refractivity contribution >= 4 is 5.97 Å². The first-order chi connectivity index (χ1) is 6.65. The molecule has 0 spiro atoms. The summed E-state index contributed by atoms with van der Waals surface area (Å²) in [6.45, 7) is 5.46. The van der Waals surface area contributed by atoms with Gasteiger partial charge in [-0.3, -0.25) is 4.79 Å². The van der Waals surface area contributed by atoms with Crippen molar-refractivity contribution in [3.63, 3.8) is 0 Å². The number of rotatable bonds is 6. The molecule has 1 rings (SSSR count). The van der Waals surface area contributed by atoms with Crippen LogP contribution in [0, 0.1) is 11.8 Å². The molecule has 14 heavy (non-hydrogen) atoms. The summed E-state index contributed by atoms with van der Waals surface area (Å²) in [5.41, 5.74) is 0. The predicted molar refractivity (Wildman–Crippen MR) is 53.2 cm³/mol. The minimum absolute atomic E-state index is 0.200. The summed E-state index contributed by atoms with van der Waals surface area (Å²) in [6, 6.07) is 0. The lowest BCUT2D eigenvalue weighted by Gasteiger charge is -2.41. The molecular weight excluding hydrogens is 182 g/mol. The van der Waals surface area contributed by atoms with E-state index in [0.717, 1.165) is 32.7 Å². The summed E-state index contributed by atoms with van der Waals surface area (Å²) >= 11 is 0. The lowest BCUT2D eigenvalue weighted by atomic mass is 9.87. The summed E-state index contributed by atoms with van der Waals surface area (Å²) in [5.74, 6) is -0.532. The molecule has 1 N–H and O–H groups in total. The Morgan fingerprint density at radius 2 is 2.29 bits per heavy atom. The number of nitrogens with zero attached hydrogens (tertiary/aromatic N) is 1. The first kappa shape index (κ1) is 11.5. The summed E-state index contributed by atoms with van der Waals surface area (Å²) in [6.07, 6.45) is 1.03. The Morgan fingerprint density at radius 1 is 1.64 bits per heavy atom. The largest absolute Gasteiger partial charge is 0.481 e. The van der Waals surface area contributed by atoms with Crippen molar-refractivity contribution in [2.24, 2.45) is 11.8 Å². The smallest absolute Gasteiger partial charge is 0.306 e. The molecule has 0 aromatic rings. The molecule has 0 aliphatic carbocycles. The number of carboxylic acid groups (broad SMARTS) is 1. The molecule has 1 unspecified atom stereocenters. The molecule has 0 aromatic carbocycles. The van der Waals surface area contributed by atoms with Crippen LogP contribution in [0.4, 0.5) is 0 Å². The van der Waals surface area contributed by atoms with Crippen molar-refractivity contribution in [2.75, 3.05) is 33.4 Å². The Hall–Kier alpha value is -0.610. The average molecular weight is 201 g/mol. The second kappa shape index (κ2) is 5.32. The maximum absolute atomic E-state index is 10.7. The van der Waals surface area contributed by atoms with Crippen molar-refractivity contribution in [1.82, 2.24) is 4.90 Å². The number of carbonyl (C=O) groups is 1. The monoisotopic (exact) mass is 201 g/mol. The van der Waals surface area contributed by atoms with Crippen LogP contribution in [0.15, 0.2) is 0 Å². The molecule has 0 bridgehead atoms. The highest BCUT2D eigenvalue weighted by molar-refractivity contribution is 5.70. The van der Waals surface area contributed by atoms with Crippen molar-refractivity contribution in [1.29, 1.82) is 0 Å². The Balaban J connectivity index is 2.08. The zero-order chi connectivity index (χ0) is 10.6. The third-order valence-corrected chi connectivity index (χ3v) is 2.90. The van der Waals surface area contributed by atoms with Gasteiger partial charge in [-0.05, 0) is 12.3 Å². The van der Waals surface area contributed by atoms with Crippen LogP contribution in [0.3, 0.4) is 0 Å². The van der Waals surface area contributed by atoms with Gasteiger partial charge in [0.15, 0.2) is 0 Å². The lowest BCUT2D eigenvalue weighted by molar-refractivity contribution is -0.145. The second-order valence-corrected chi connectivity index (χ2v) is 3.99. The van der Waals surface area contributed by atoms with Crippen LogP contribution in [-0.2, 0) is 9.53 Å². The Kier molecular flexibility index (Phi) is 4.35. The van der Waals surface area contributed by atoms with E-state index in [2.05, 4.69) is 4.90 Å². The van der Waals surface area contributed by atoms with Gasteiger partial charge < -0.3 is 14.7 Å². The number of carboxylic acids is 1. The number of ether oxygens (including phenoxy) is 1. The first-order valence-corrected chi connectivity index (χ1v) is 5.09. The van der Waals surface area contributed by atoms with Crippen molar-refractivity contribution in [2.45, 2.75) is 13.3 Å². The van der Waals surface area contributed by atoms with Gasteiger partial charge in [-0.25, -0.2) is 0 Å². The molecule has 1 saturated heterocycles. The molecule has 1 aliphatic rings. The molecule has 0 saturated carbocycles. The van der Waals surface area contributed by atoms with Gasteiger partial charge in [-0.1, -0.05) is 6.92 Å². The van der Waals surface area contributed by atoms with Gasteiger partial charge in [-0.2, -0.15) is 0 Å². The molecule has 1 fully saturated rings. The zero-order valence-electron chi connectivity index (χ0n) is 8.90. The van der Waals surface area contributed by atoms with Crippen LogP contribution in [0.25, 0.3) is 0 Å². The van der Waals surface area contributed by atoms with Crippen LogP contribution in [0.5, 0.6) is 0 Å². The van der Waals surface area contributed by atoms with Gasteiger partial charge in [-0.15, -0.1) is 0 Å². The van der Waals surface area contributed by atoms with Crippen LogP contribution in [0.2, 0.25) is 0 Å². The maximum Gasteiger partial charge on any atom is 0.306 e. The fraction of sp³-hybridized carbons (Fsp3) is 0.900. The molecule has 0 radical (unpaired) electrons. The Morgan fingerprint density at radius 3 is 2.79 bits per heavy atom. The predicted octanol–water partition coefficient (Wildman–Crippen LogP) is 0.675. The number of aliphatic carboxylic acids is 1. The SMILES string of the molecule is COCCCN1CC(C(C)C(=O)O)C1. The number of likely N-dealkylation sites (tertiary alicyclic amines) is 1. The number of hydrogen-bond donors (Lipinski definition) is 1. The topological polar surface area (TPSA) is 49.8 Å². The van der Waals surface area contributed by atoms with E-state index in [0.29, 0.717) is 5.92 Å². The van der Waals surface area contributed by atoms with E-state index in [1.807, 2.05) is 0 Å². The van der Waals surface area contributed by atoms with Gasteiger partial charge in [0.2, 0.25) is 0 Å². The zero-order valence-corrected chi connectivity index (χ0v) is 8.90. The lowest BCUT2D eigenvalue weighted by Crippen LogP contribution is -2.51. The first-order valence-electron chi connectivity index (χ1n) is 5.09. The molecule has 0 aromatic heterocycles. The number of hydrogen-bond acceptors (Lipinski definition) is 3. The van der Waals surface area contributed by atoms with E-state index in [-0.39, 0.29) is 5.92 Å². The van der Waals surface area contributed by atoms with E-state index in [1.54, 1.807) is 14.0 Å². The molecule has 0 amide bonds. The summed E-state index contributed by atoms with van der Waals surface area (Å²) in [5, 5.41) is 8.78. The van der Waals surface area contributed by atoms with Gasteiger partial charge in [0.1, 0.15) is 0 Å². The van der Waals surface area contributed by atoms with E-state index in [4.69, 9.17) is 9.84 Å². The fourth-order valence-electron chi connectivity index (χ4n) is 1.74. The number of methoxy groups -OCH3 is 1. The van der Waals surface area contributed by atoms with Gasteiger partial charge in [0.25, 0.3) is 0 Å². The van der Waals surface area contributed by atoms with E-state index < -0.39 is 5.97 Å². The van der Waals surface area contributed by atoms with Gasteiger partial charge >= 0.3 is 5.97 Å². The van der Waals surface area contributed by atoms with E-state index >= 15 is 0 Å².